The Hall–Kier alpha value is -2.88. The molecule has 0 spiro atoms. The van der Waals surface area contributed by atoms with Crippen molar-refractivity contribution in [2.75, 3.05) is 31.2 Å². The van der Waals surface area contributed by atoms with Gasteiger partial charge >= 0.3 is 0 Å². The average molecular weight is 440 g/mol. The molecule has 2 fully saturated rings. The number of aromatic amines is 1. The predicted molar refractivity (Wildman–Crippen MR) is 120 cm³/mol. The van der Waals surface area contributed by atoms with Gasteiger partial charge in [-0.15, -0.1) is 0 Å². The molecule has 9 nitrogen and oxygen atoms in total. The summed E-state index contributed by atoms with van der Waals surface area (Å²) >= 11 is 6.72. The maximum absolute atomic E-state index is 13.4. The largest absolute Gasteiger partial charge is 0.378 e. The second-order valence-corrected chi connectivity index (χ2v) is 8.75. The Bertz CT molecular complexity index is 1380. The molecule has 0 radical (unpaired) electrons. The molecule has 2 N–H and O–H groups in total. The van der Waals surface area contributed by atoms with Crippen LogP contribution in [0.1, 0.15) is 0 Å². The summed E-state index contributed by atoms with van der Waals surface area (Å²) in [7, 11) is 3.64. The van der Waals surface area contributed by atoms with Crippen LogP contribution in [0, 0.1) is 0 Å². The molecule has 6 rings (SSSR count). The Balaban J connectivity index is 1.48. The molecule has 1 aromatic carbocycles. The SMILES string of the molecule is Cn1cc2c(Cl)c(-c3c[nH]c4nc(N5CC6COCC(C5)N6)n(C)c(=O)c34)ccc2n1. The third-order valence-electron chi connectivity index (χ3n) is 6.19. The molecular formula is C21H22ClN7O2. The molecular weight excluding hydrogens is 418 g/mol. The topological polar surface area (TPSA) is 93.0 Å². The number of piperazine rings is 1. The van der Waals surface area contributed by atoms with E-state index in [0.29, 0.717) is 35.2 Å². The van der Waals surface area contributed by atoms with Crippen molar-refractivity contribution < 1.29 is 4.74 Å². The van der Waals surface area contributed by atoms with Crippen LogP contribution in [-0.4, -0.2) is 62.7 Å². The van der Waals surface area contributed by atoms with E-state index in [9.17, 15) is 4.79 Å². The highest BCUT2D eigenvalue weighted by atomic mass is 35.5. The number of hydrogen-bond acceptors (Lipinski definition) is 6. The highest BCUT2D eigenvalue weighted by Gasteiger charge is 2.32. The molecule has 2 aliphatic rings. The van der Waals surface area contributed by atoms with Crippen LogP contribution in [0.4, 0.5) is 5.95 Å². The van der Waals surface area contributed by atoms with Gasteiger partial charge in [-0.1, -0.05) is 17.7 Å². The van der Waals surface area contributed by atoms with E-state index in [0.717, 1.165) is 35.1 Å². The van der Waals surface area contributed by atoms with Gasteiger partial charge in [0.15, 0.2) is 0 Å². The highest BCUT2D eigenvalue weighted by molar-refractivity contribution is 6.38. The van der Waals surface area contributed by atoms with Crippen molar-refractivity contribution in [1.82, 2.24) is 29.6 Å². The smallest absolute Gasteiger partial charge is 0.264 e. The lowest BCUT2D eigenvalue weighted by Gasteiger charge is -2.42. The second-order valence-electron chi connectivity index (χ2n) is 8.37. The molecule has 4 aromatic rings. The zero-order valence-electron chi connectivity index (χ0n) is 17.2. The number of morpholine rings is 1. The van der Waals surface area contributed by atoms with Gasteiger partial charge < -0.3 is 19.9 Å². The standard InChI is InChI=1S/C21H22ClN7O2/c1-27-8-15-16(26-27)4-3-13(18(15)22)14-5-23-19-17(14)20(30)28(2)21(25-19)29-6-11-9-31-10-12(7-29)24-11/h3-5,8,11-12,23-24H,6-7,9-10H2,1-2H3. The monoisotopic (exact) mass is 439 g/mol. The molecule has 2 unspecified atom stereocenters. The molecule has 0 amide bonds. The van der Waals surface area contributed by atoms with Crippen LogP contribution in [0.5, 0.6) is 0 Å². The molecule has 160 valence electrons. The maximum Gasteiger partial charge on any atom is 0.264 e. The van der Waals surface area contributed by atoms with Gasteiger partial charge in [0.2, 0.25) is 5.95 Å². The Morgan fingerprint density at radius 3 is 2.71 bits per heavy atom. The van der Waals surface area contributed by atoms with E-state index >= 15 is 0 Å². The van der Waals surface area contributed by atoms with Crippen LogP contribution in [0.3, 0.4) is 0 Å². The number of benzene rings is 1. The summed E-state index contributed by atoms with van der Waals surface area (Å²) in [4.78, 5) is 23.6. The van der Waals surface area contributed by atoms with E-state index in [-0.39, 0.29) is 17.6 Å². The van der Waals surface area contributed by atoms with Crippen molar-refractivity contribution in [3.05, 3.63) is 39.9 Å². The number of H-pyrrole nitrogens is 1. The Labute approximate surface area is 182 Å². The predicted octanol–water partition coefficient (Wildman–Crippen LogP) is 1.65. The van der Waals surface area contributed by atoms with Gasteiger partial charge in [-0.3, -0.25) is 14.0 Å². The second kappa shape index (κ2) is 6.81. The molecule has 2 atom stereocenters. The molecule has 2 bridgehead atoms. The van der Waals surface area contributed by atoms with E-state index in [1.54, 1.807) is 16.3 Å². The molecule has 10 heteroatoms. The lowest BCUT2D eigenvalue weighted by atomic mass is 10.0. The van der Waals surface area contributed by atoms with E-state index in [2.05, 4.69) is 20.3 Å². The first kappa shape index (κ1) is 18.9. The summed E-state index contributed by atoms with van der Waals surface area (Å²) in [6.07, 6.45) is 3.70. The minimum Gasteiger partial charge on any atom is -0.378 e. The minimum atomic E-state index is -0.0986. The summed E-state index contributed by atoms with van der Waals surface area (Å²) in [6.45, 7) is 2.84. The number of hydrogen-bond donors (Lipinski definition) is 2. The van der Waals surface area contributed by atoms with Crippen molar-refractivity contribution in [2.45, 2.75) is 12.1 Å². The fourth-order valence-electron chi connectivity index (χ4n) is 4.80. The number of aromatic nitrogens is 5. The third-order valence-corrected chi connectivity index (χ3v) is 6.60. The van der Waals surface area contributed by atoms with Crippen molar-refractivity contribution in [1.29, 1.82) is 0 Å². The quantitative estimate of drug-likeness (QED) is 0.493. The van der Waals surface area contributed by atoms with E-state index in [1.807, 2.05) is 31.6 Å². The van der Waals surface area contributed by atoms with Crippen molar-refractivity contribution in [3.8, 4) is 11.1 Å². The Morgan fingerprint density at radius 2 is 1.94 bits per heavy atom. The number of ether oxygens (including phenoxy) is 1. The zero-order chi connectivity index (χ0) is 21.3. The van der Waals surface area contributed by atoms with Crippen LogP contribution in [0.25, 0.3) is 33.1 Å². The van der Waals surface area contributed by atoms with Crippen LogP contribution >= 0.6 is 11.6 Å². The van der Waals surface area contributed by atoms with Crippen LogP contribution < -0.4 is 15.8 Å². The number of halogens is 1. The lowest BCUT2D eigenvalue weighted by Crippen LogP contribution is -2.63. The normalized spacial score (nSPS) is 21.3. The fraction of sp³-hybridized carbons (Fsp3) is 0.381. The highest BCUT2D eigenvalue weighted by Crippen LogP contribution is 2.36. The Morgan fingerprint density at radius 1 is 1.16 bits per heavy atom. The fourth-order valence-corrected chi connectivity index (χ4v) is 5.11. The van der Waals surface area contributed by atoms with E-state index in [4.69, 9.17) is 21.3 Å². The van der Waals surface area contributed by atoms with Crippen molar-refractivity contribution in [2.24, 2.45) is 14.1 Å². The number of fused-ring (bicyclic) bond motifs is 4. The van der Waals surface area contributed by atoms with Crippen LogP contribution in [-0.2, 0) is 18.8 Å². The molecule has 2 aliphatic heterocycles. The van der Waals surface area contributed by atoms with Gasteiger partial charge in [0.25, 0.3) is 5.56 Å². The maximum atomic E-state index is 13.4. The van der Waals surface area contributed by atoms with Gasteiger partial charge in [-0.05, 0) is 6.07 Å². The first-order valence-electron chi connectivity index (χ1n) is 10.3. The van der Waals surface area contributed by atoms with Gasteiger partial charge in [-0.2, -0.15) is 10.1 Å². The van der Waals surface area contributed by atoms with Gasteiger partial charge in [0.05, 0.1) is 29.1 Å². The third kappa shape index (κ3) is 2.88. The molecule has 5 heterocycles. The van der Waals surface area contributed by atoms with E-state index < -0.39 is 0 Å². The summed E-state index contributed by atoms with van der Waals surface area (Å²) < 4.78 is 9.01. The number of anilines is 1. The summed E-state index contributed by atoms with van der Waals surface area (Å²) in [6, 6.07) is 4.31. The summed E-state index contributed by atoms with van der Waals surface area (Å²) in [5.74, 6) is 0.665. The molecule has 2 saturated heterocycles. The summed E-state index contributed by atoms with van der Waals surface area (Å²) in [5.41, 5.74) is 2.82. The first-order valence-corrected chi connectivity index (χ1v) is 10.7. The van der Waals surface area contributed by atoms with Crippen molar-refractivity contribution in [3.63, 3.8) is 0 Å². The minimum absolute atomic E-state index is 0.0986. The van der Waals surface area contributed by atoms with Crippen molar-refractivity contribution >= 4 is 39.5 Å². The Kier molecular flexibility index (Phi) is 4.14. The summed E-state index contributed by atoms with van der Waals surface area (Å²) in [5, 5.41) is 9.93. The molecule has 3 aromatic heterocycles. The van der Waals surface area contributed by atoms with Crippen LogP contribution in [0.2, 0.25) is 5.02 Å². The van der Waals surface area contributed by atoms with Gasteiger partial charge in [0.1, 0.15) is 5.65 Å². The molecule has 0 saturated carbocycles. The van der Waals surface area contributed by atoms with Crippen LogP contribution in [0.15, 0.2) is 29.3 Å². The number of rotatable bonds is 2. The van der Waals surface area contributed by atoms with E-state index in [1.165, 1.54) is 0 Å². The van der Waals surface area contributed by atoms with Gasteiger partial charge in [0, 0.05) is 68.2 Å². The average Bonchev–Trinajstić information content (AvgIpc) is 3.34. The molecule has 31 heavy (non-hydrogen) atoms. The zero-order valence-corrected chi connectivity index (χ0v) is 18.0. The molecule has 0 aliphatic carbocycles. The van der Waals surface area contributed by atoms with Gasteiger partial charge in [-0.25, -0.2) is 0 Å². The lowest BCUT2D eigenvalue weighted by molar-refractivity contribution is 0.0371. The first-order chi connectivity index (χ1) is 15.0. The number of nitrogens with zero attached hydrogens (tertiary/aromatic N) is 5. The number of nitrogens with one attached hydrogen (secondary N) is 2. The number of aryl methyl sites for hydroxylation is 1.